The Morgan fingerprint density at radius 3 is 3.00 bits per heavy atom. The molecule has 3 bridgehead atoms. The fraction of sp³-hybridized carbons (Fsp3) is 0.909. The molecule has 0 aliphatic carbocycles. The molecule has 0 saturated carbocycles. The van der Waals surface area contributed by atoms with Gasteiger partial charge in [-0.1, -0.05) is 0 Å². The second-order valence-corrected chi connectivity index (χ2v) is 5.00. The van der Waals surface area contributed by atoms with Gasteiger partial charge in [0.15, 0.2) is 0 Å². The lowest BCUT2D eigenvalue weighted by Gasteiger charge is -2.41. The van der Waals surface area contributed by atoms with Gasteiger partial charge in [0.1, 0.15) is 0 Å². The molecule has 3 saturated heterocycles. The van der Waals surface area contributed by atoms with Crippen LogP contribution in [0.25, 0.3) is 0 Å². The predicted molar refractivity (Wildman–Crippen MR) is 57.0 cm³/mol. The van der Waals surface area contributed by atoms with Crippen molar-refractivity contribution in [1.29, 1.82) is 0 Å². The summed E-state index contributed by atoms with van der Waals surface area (Å²) >= 11 is 0. The van der Waals surface area contributed by atoms with Crippen molar-refractivity contribution in [2.45, 2.75) is 44.0 Å². The molecule has 5 unspecified atom stereocenters. The largest absolute Gasteiger partial charge is 0.450 e. The molecule has 3 heterocycles. The van der Waals surface area contributed by atoms with E-state index in [2.05, 4.69) is 5.32 Å². The summed E-state index contributed by atoms with van der Waals surface area (Å²) in [6.07, 6.45) is 1.22. The van der Waals surface area contributed by atoms with Gasteiger partial charge in [0.25, 0.3) is 0 Å². The van der Waals surface area contributed by atoms with E-state index in [4.69, 9.17) is 4.74 Å². The van der Waals surface area contributed by atoms with E-state index in [1.807, 2.05) is 6.92 Å². The van der Waals surface area contributed by atoms with Gasteiger partial charge in [0, 0.05) is 0 Å². The second kappa shape index (κ2) is 3.60. The van der Waals surface area contributed by atoms with E-state index in [9.17, 15) is 9.90 Å². The van der Waals surface area contributed by atoms with E-state index in [0.29, 0.717) is 12.5 Å². The Balaban J connectivity index is 1.85. The number of carbonyl (C=O) groups is 1. The van der Waals surface area contributed by atoms with E-state index in [-0.39, 0.29) is 24.2 Å². The van der Waals surface area contributed by atoms with Crippen LogP contribution in [0, 0.1) is 5.92 Å². The van der Waals surface area contributed by atoms with Crippen LogP contribution in [0.15, 0.2) is 0 Å². The summed E-state index contributed by atoms with van der Waals surface area (Å²) in [5.74, 6) is 0.606. The third kappa shape index (κ3) is 1.28. The van der Waals surface area contributed by atoms with Crippen molar-refractivity contribution in [2.24, 2.45) is 5.92 Å². The number of ether oxygens (including phenoxy) is 1. The topological polar surface area (TPSA) is 61.8 Å². The maximum absolute atomic E-state index is 11.8. The third-order valence-electron chi connectivity index (χ3n) is 4.16. The Labute approximate surface area is 94.8 Å². The van der Waals surface area contributed by atoms with Gasteiger partial charge in [0.05, 0.1) is 30.8 Å². The van der Waals surface area contributed by atoms with Gasteiger partial charge in [0.2, 0.25) is 0 Å². The van der Waals surface area contributed by atoms with Gasteiger partial charge in [-0.05, 0) is 32.2 Å². The first-order valence-corrected chi connectivity index (χ1v) is 6.09. The Morgan fingerprint density at radius 2 is 2.25 bits per heavy atom. The summed E-state index contributed by atoms with van der Waals surface area (Å²) in [6.45, 7) is 3.18. The fourth-order valence-corrected chi connectivity index (χ4v) is 3.54. The van der Waals surface area contributed by atoms with Crippen LogP contribution in [-0.4, -0.2) is 53.5 Å². The monoisotopic (exact) mass is 226 g/mol. The summed E-state index contributed by atoms with van der Waals surface area (Å²) in [4.78, 5) is 13.6. The molecule has 3 fully saturated rings. The maximum atomic E-state index is 11.8. The van der Waals surface area contributed by atoms with Gasteiger partial charge in [-0.25, -0.2) is 4.79 Å². The second-order valence-electron chi connectivity index (χ2n) is 5.00. The number of aliphatic hydroxyl groups is 1. The Morgan fingerprint density at radius 1 is 1.50 bits per heavy atom. The van der Waals surface area contributed by atoms with Crippen molar-refractivity contribution < 1.29 is 14.6 Å². The highest BCUT2D eigenvalue weighted by Crippen LogP contribution is 2.42. The number of amides is 1. The molecule has 0 aromatic carbocycles. The highest BCUT2D eigenvalue weighted by atomic mass is 16.6. The van der Waals surface area contributed by atoms with E-state index in [0.717, 1.165) is 19.4 Å². The van der Waals surface area contributed by atoms with Crippen LogP contribution in [0.3, 0.4) is 0 Å². The zero-order valence-electron chi connectivity index (χ0n) is 9.43. The van der Waals surface area contributed by atoms with Crippen LogP contribution >= 0.6 is 0 Å². The molecule has 90 valence electrons. The number of rotatable bonds is 1. The SMILES string of the molecule is CCOC(=O)N1C2CC3CNC(C2O)C1C3. The molecule has 5 heteroatoms. The molecule has 0 spiro atoms. The zero-order valence-corrected chi connectivity index (χ0v) is 9.43. The lowest BCUT2D eigenvalue weighted by Crippen LogP contribution is -2.56. The van der Waals surface area contributed by atoms with Crippen molar-refractivity contribution in [3.63, 3.8) is 0 Å². The Kier molecular flexibility index (Phi) is 2.33. The summed E-state index contributed by atoms with van der Waals surface area (Å²) in [5, 5.41) is 13.5. The minimum atomic E-state index is -0.429. The summed E-state index contributed by atoms with van der Waals surface area (Å²) in [7, 11) is 0. The molecule has 1 amide bonds. The van der Waals surface area contributed by atoms with Gasteiger partial charge < -0.3 is 15.2 Å². The molecule has 0 radical (unpaired) electrons. The van der Waals surface area contributed by atoms with Crippen LogP contribution in [0.5, 0.6) is 0 Å². The molecule has 0 aromatic rings. The summed E-state index contributed by atoms with van der Waals surface area (Å²) in [5.41, 5.74) is 0. The average molecular weight is 226 g/mol. The molecule has 3 aliphatic rings. The number of nitrogens with zero attached hydrogens (tertiary/aromatic N) is 1. The highest BCUT2D eigenvalue weighted by molar-refractivity contribution is 5.69. The number of hydrogen-bond donors (Lipinski definition) is 2. The molecule has 16 heavy (non-hydrogen) atoms. The van der Waals surface area contributed by atoms with Crippen LogP contribution in [0.4, 0.5) is 4.79 Å². The zero-order chi connectivity index (χ0) is 11.3. The Bertz CT molecular complexity index is 308. The standard InChI is InChI=1S/C11H18N2O3/c1-2-16-11(15)13-7-3-6-4-8(13)10(14)9(7)12-5-6/h6-10,12,14H,2-5H2,1H3. The average Bonchev–Trinajstić information content (AvgIpc) is 2.37. The predicted octanol–water partition coefficient (Wildman–Crippen LogP) is -0.0616. The van der Waals surface area contributed by atoms with Gasteiger partial charge in [-0.2, -0.15) is 0 Å². The van der Waals surface area contributed by atoms with Crippen LogP contribution in [0.2, 0.25) is 0 Å². The summed E-state index contributed by atoms with van der Waals surface area (Å²) in [6, 6.07) is 0.141. The number of aliphatic hydroxyl groups excluding tert-OH is 1. The normalized spacial score (nSPS) is 44.9. The molecule has 3 rings (SSSR count). The molecular weight excluding hydrogens is 208 g/mol. The first-order valence-electron chi connectivity index (χ1n) is 6.09. The van der Waals surface area contributed by atoms with E-state index in [1.165, 1.54) is 0 Å². The highest BCUT2D eigenvalue weighted by Gasteiger charge is 2.57. The van der Waals surface area contributed by atoms with Crippen LogP contribution in [-0.2, 0) is 4.74 Å². The number of hydrogen-bond acceptors (Lipinski definition) is 4. The first kappa shape index (κ1) is 10.4. The van der Waals surface area contributed by atoms with Crippen molar-refractivity contribution in [3.8, 4) is 0 Å². The van der Waals surface area contributed by atoms with Crippen LogP contribution in [0.1, 0.15) is 19.8 Å². The fourth-order valence-electron chi connectivity index (χ4n) is 3.54. The smallest absolute Gasteiger partial charge is 0.410 e. The van der Waals surface area contributed by atoms with Crippen LogP contribution < -0.4 is 5.32 Å². The molecule has 5 atom stereocenters. The maximum Gasteiger partial charge on any atom is 0.410 e. The molecular formula is C11H18N2O3. The van der Waals surface area contributed by atoms with Crippen molar-refractivity contribution in [1.82, 2.24) is 10.2 Å². The molecule has 0 aromatic heterocycles. The van der Waals surface area contributed by atoms with E-state index >= 15 is 0 Å². The number of piperidine rings is 2. The van der Waals surface area contributed by atoms with Gasteiger partial charge >= 0.3 is 6.09 Å². The van der Waals surface area contributed by atoms with E-state index < -0.39 is 6.10 Å². The number of nitrogens with one attached hydrogen (secondary N) is 1. The molecule has 3 aliphatic heterocycles. The minimum Gasteiger partial charge on any atom is -0.450 e. The number of fused-ring (bicyclic) bond motifs is 2. The quantitative estimate of drug-likeness (QED) is 0.657. The van der Waals surface area contributed by atoms with Gasteiger partial charge in [-0.15, -0.1) is 0 Å². The Hall–Kier alpha value is -0.810. The third-order valence-corrected chi connectivity index (χ3v) is 4.16. The molecule has 2 N–H and O–H groups in total. The van der Waals surface area contributed by atoms with Crippen molar-refractivity contribution >= 4 is 6.09 Å². The first-order chi connectivity index (χ1) is 7.72. The van der Waals surface area contributed by atoms with Crippen molar-refractivity contribution in [2.75, 3.05) is 13.2 Å². The van der Waals surface area contributed by atoms with Crippen molar-refractivity contribution in [3.05, 3.63) is 0 Å². The van der Waals surface area contributed by atoms with E-state index in [1.54, 1.807) is 4.90 Å². The lowest BCUT2D eigenvalue weighted by atomic mass is 9.88. The van der Waals surface area contributed by atoms with Gasteiger partial charge in [-0.3, -0.25) is 4.90 Å². The summed E-state index contributed by atoms with van der Waals surface area (Å²) < 4.78 is 5.07. The molecule has 5 nitrogen and oxygen atoms in total. The lowest BCUT2D eigenvalue weighted by molar-refractivity contribution is 0.0399. The minimum absolute atomic E-state index is 0.0391. The number of carbonyl (C=O) groups excluding carboxylic acids is 1.